The molecule has 134 valence electrons. The van der Waals surface area contributed by atoms with Crippen LogP contribution in [0.4, 0.5) is 9.18 Å². The predicted octanol–water partition coefficient (Wildman–Crippen LogP) is 4.07. The van der Waals surface area contributed by atoms with Gasteiger partial charge in [0.05, 0.1) is 4.47 Å². The lowest BCUT2D eigenvalue weighted by molar-refractivity contribution is 0.0426. The minimum absolute atomic E-state index is 0.0593. The fourth-order valence-electron chi connectivity index (χ4n) is 2.18. The van der Waals surface area contributed by atoms with Gasteiger partial charge in [0.2, 0.25) is 5.88 Å². The molecule has 1 aromatic heterocycles. The lowest BCUT2D eigenvalue weighted by Gasteiger charge is -2.20. The summed E-state index contributed by atoms with van der Waals surface area (Å²) in [6.45, 7) is 3.97. The standard InChI is InChI=1S/C18H20BrFN2O3/c1-11(2)16(25-18(21)23)10-24-17-15(19)8-13(9-22-17)7-12-3-5-14(20)6-4-12/h3-6,8-9,11,16H,7,10H2,1-2H3,(H2,21,23). The summed E-state index contributed by atoms with van der Waals surface area (Å²) in [7, 11) is 0. The highest BCUT2D eigenvalue weighted by molar-refractivity contribution is 9.10. The molecule has 1 unspecified atom stereocenters. The maximum Gasteiger partial charge on any atom is 0.404 e. The molecule has 1 atom stereocenters. The van der Waals surface area contributed by atoms with Gasteiger partial charge in [-0.3, -0.25) is 0 Å². The third-order valence-electron chi connectivity index (χ3n) is 3.58. The Labute approximate surface area is 154 Å². The first-order valence-corrected chi connectivity index (χ1v) is 8.62. The van der Waals surface area contributed by atoms with Crippen LogP contribution < -0.4 is 10.5 Å². The summed E-state index contributed by atoms with van der Waals surface area (Å²) >= 11 is 3.43. The second-order valence-electron chi connectivity index (χ2n) is 5.96. The van der Waals surface area contributed by atoms with Gasteiger partial charge in [0.1, 0.15) is 18.5 Å². The number of pyridine rings is 1. The third kappa shape index (κ3) is 6.01. The zero-order chi connectivity index (χ0) is 18.4. The summed E-state index contributed by atoms with van der Waals surface area (Å²) in [5, 5.41) is 0. The number of nitrogens with zero attached hydrogens (tertiary/aromatic N) is 1. The van der Waals surface area contributed by atoms with Gasteiger partial charge < -0.3 is 15.2 Å². The van der Waals surface area contributed by atoms with Crippen LogP contribution >= 0.6 is 15.9 Å². The van der Waals surface area contributed by atoms with Crippen LogP contribution in [0.1, 0.15) is 25.0 Å². The van der Waals surface area contributed by atoms with Gasteiger partial charge in [0, 0.05) is 6.20 Å². The van der Waals surface area contributed by atoms with Crippen molar-refractivity contribution in [1.82, 2.24) is 4.98 Å². The SMILES string of the molecule is CC(C)C(COc1ncc(Cc2ccc(F)cc2)cc1Br)OC(N)=O. The largest absolute Gasteiger partial charge is 0.473 e. The number of carbonyl (C=O) groups excluding carboxylic acids is 1. The number of carbonyl (C=O) groups is 1. The summed E-state index contributed by atoms with van der Waals surface area (Å²) < 4.78 is 24.3. The van der Waals surface area contributed by atoms with E-state index in [4.69, 9.17) is 15.2 Å². The molecular weight excluding hydrogens is 391 g/mol. The van der Waals surface area contributed by atoms with Crippen molar-refractivity contribution in [2.75, 3.05) is 6.61 Å². The number of rotatable bonds is 7. The van der Waals surface area contributed by atoms with Crippen LogP contribution in [0.25, 0.3) is 0 Å². The highest BCUT2D eigenvalue weighted by atomic mass is 79.9. The number of hydrogen-bond donors (Lipinski definition) is 1. The number of ether oxygens (including phenoxy) is 2. The Morgan fingerprint density at radius 1 is 1.28 bits per heavy atom. The molecule has 2 N–H and O–H groups in total. The Morgan fingerprint density at radius 2 is 1.96 bits per heavy atom. The van der Waals surface area contributed by atoms with Gasteiger partial charge in [0.25, 0.3) is 0 Å². The van der Waals surface area contributed by atoms with E-state index in [1.165, 1.54) is 12.1 Å². The van der Waals surface area contributed by atoms with E-state index in [0.29, 0.717) is 16.8 Å². The molecule has 0 aliphatic heterocycles. The Hall–Kier alpha value is -2.15. The molecule has 2 rings (SSSR count). The molecule has 0 aliphatic rings. The third-order valence-corrected chi connectivity index (χ3v) is 4.15. The van der Waals surface area contributed by atoms with Crippen molar-refractivity contribution in [3.63, 3.8) is 0 Å². The maximum atomic E-state index is 13.0. The highest BCUT2D eigenvalue weighted by Gasteiger charge is 2.19. The lowest BCUT2D eigenvalue weighted by atomic mass is 10.1. The van der Waals surface area contributed by atoms with Crippen molar-refractivity contribution in [2.45, 2.75) is 26.4 Å². The van der Waals surface area contributed by atoms with E-state index in [1.807, 2.05) is 19.9 Å². The fourth-order valence-corrected chi connectivity index (χ4v) is 2.69. The van der Waals surface area contributed by atoms with Crippen LogP contribution in [0, 0.1) is 11.7 Å². The Balaban J connectivity index is 2.01. The van der Waals surface area contributed by atoms with Gasteiger partial charge in [-0.25, -0.2) is 14.2 Å². The second kappa shape index (κ2) is 8.80. The van der Waals surface area contributed by atoms with Crippen molar-refractivity contribution >= 4 is 22.0 Å². The smallest absolute Gasteiger partial charge is 0.404 e. The number of amides is 1. The van der Waals surface area contributed by atoms with Crippen molar-refractivity contribution in [2.24, 2.45) is 11.7 Å². The Bertz CT molecular complexity index is 723. The molecule has 2 aromatic rings. The number of primary amides is 1. The van der Waals surface area contributed by atoms with E-state index >= 15 is 0 Å². The molecule has 0 spiro atoms. The Morgan fingerprint density at radius 3 is 2.52 bits per heavy atom. The average molecular weight is 411 g/mol. The topological polar surface area (TPSA) is 74.4 Å². The van der Waals surface area contributed by atoms with Crippen molar-refractivity contribution in [3.05, 3.63) is 57.9 Å². The first-order chi connectivity index (χ1) is 11.8. The minimum Gasteiger partial charge on any atom is -0.473 e. The summed E-state index contributed by atoms with van der Waals surface area (Å²) in [5.41, 5.74) is 7.01. The summed E-state index contributed by atoms with van der Waals surface area (Å²) in [6, 6.07) is 8.23. The molecule has 7 heteroatoms. The zero-order valence-electron chi connectivity index (χ0n) is 14.0. The van der Waals surface area contributed by atoms with Crippen LogP contribution in [0.3, 0.4) is 0 Å². The summed E-state index contributed by atoms with van der Waals surface area (Å²) in [5.74, 6) is 0.204. The van der Waals surface area contributed by atoms with E-state index in [9.17, 15) is 9.18 Å². The van der Waals surface area contributed by atoms with Gasteiger partial charge in [-0.05, 0) is 57.6 Å². The summed E-state index contributed by atoms with van der Waals surface area (Å²) in [6.07, 6.45) is 1.04. The second-order valence-corrected chi connectivity index (χ2v) is 6.82. The first-order valence-electron chi connectivity index (χ1n) is 7.83. The van der Waals surface area contributed by atoms with E-state index in [-0.39, 0.29) is 18.3 Å². The van der Waals surface area contributed by atoms with Crippen LogP contribution in [0.15, 0.2) is 41.0 Å². The minimum atomic E-state index is -0.830. The fraction of sp³-hybridized carbons (Fsp3) is 0.333. The van der Waals surface area contributed by atoms with Crippen molar-refractivity contribution in [3.8, 4) is 5.88 Å². The molecule has 0 aliphatic carbocycles. The van der Waals surface area contributed by atoms with Gasteiger partial charge in [-0.2, -0.15) is 0 Å². The molecule has 5 nitrogen and oxygen atoms in total. The zero-order valence-corrected chi connectivity index (χ0v) is 15.6. The van der Waals surface area contributed by atoms with Gasteiger partial charge in [-0.1, -0.05) is 26.0 Å². The first kappa shape index (κ1) is 19.2. The molecule has 0 radical (unpaired) electrons. The molecule has 1 aromatic carbocycles. The molecule has 0 fully saturated rings. The van der Waals surface area contributed by atoms with Crippen LogP contribution in [0.5, 0.6) is 5.88 Å². The van der Waals surface area contributed by atoms with Crippen molar-refractivity contribution in [1.29, 1.82) is 0 Å². The maximum absolute atomic E-state index is 13.0. The van der Waals surface area contributed by atoms with E-state index in [1.54, 1.807) is 18.3 Å². The number of aromatic nitrogens is 1. The van der Waals surface area contributed by atoms with E-state index < -0.39 is 12.2 Å². The quantitative estimate of drug-likeness (QED) is 0.746. The molecule has 0 saturated carbocycles. The molecule has 25 heavy (non-hydrogen) atoms. The molecule has 1 heterocycles. The highest BCUT2D eigenvalue weighted by Crippen LogP contribution is 2.25. The predicted molar refractivity (Wildman–Crippen MR) is 95.9 cm³/mol. The number of nitrogens with two attached hydrogens (primary N) is 1. The average Bonchev–Trinajstić information content (AvgIpc) is 2.54. The lowest BCUT2D eigenvalue weighted by Crippen LogP contribution is -2.32. The van der Waals surface area contributed by atoms with Gasteiger partial charge >= 0.3 is 6.09 Å². The molecule has 0 saturated heterocycles. The van der Waals surface area contributed by atoms with Crippen LogP contribution in [0.2, 0.25) is 0 Å². The molecule has 1 amide bonds. The monoisotopic (exact) mass is 410 g/mol. The van der Waals surface area contributed by atoms with E-state index in [2.05, 4.69) is 20.9 Å². The van der Waals surface area contributed by atoms with E-state index in [0.717, 1.165) is 11.1 Å². The van der Waals surface area contributed by atoms with Gasteiger partial charge in [0.15, 0.2) is 0 Å². The number of hydrogen-bond acceptors (Lipinski definition) is 4. The number of halogens is 2. The molecule has 0 bridgehead atoms. The summed E-state index contributed by atoms with van der Waals surface area (Å²) in [4.78, 5) is 15.2. The molecular formula is C18H20BrFN2O3. The van der Waals surface area contributed by atoms with Crippen LogP contribution in [-0.4, -0.2) is 23.8 Å². The number of benzene rings is 1. The van der Waals surface area contributed by atoms with Crippen LogP contribution in [-0.2, 0) is 11.2 Å². The normalized spacial score (nSPS) is 12.0. The van der Waals surface area contributed by atoms with Crippen molar-refractivity contribution < 1.29 is 18.7 Å². The van der Waals surface area contributed by atoms with Gasteiger partial charge in [-0.15, -0.1) is 0 Å². The Kier molecular flexibility index (Phi) is 6.75.